The van der Waals surface area contributed by atoms with Crippen molar-refractivity contribution in [1.29, 1.82) is 0 Å². The number of pyridine rings is 2. The largest absolute Gasteiger partial charge is 0.478 e. The number of allylic oxidation sites excluding steroid dienone is 1. The van der Waals surface area contributed by atoms with Gasteiger partial charge in [0.15, 0.2) is 5.58 Å². The van der Waals surface area contributed by atoms with Crippen LogP contribution < -0.4 is 11.2 Å². The number of anilines is 1. The van der Waals surface area contributed by atoms with Gasteiger partial charge in [-0.2, -0.15) is 4.98 Å². The van der Waals surface area contributed by atoms with E-state index in [2.05, 4.69) is 16.0 Å². The number of nitrogen functional groups attached to an aromatic ring is 1. The molecule has 0 unspecified atom stereocenters. The Morgan fingerprint density at radius 3 is 2.74 bits per heavy atom. The Labute approximate surface area is 154 Å². The molecule has 4 rings (SSSR count). The summed E-state index contributed by atoms with van der Waals surface area (Å²) in [5.74, 6) is -0.890. The molecule has 7 nitrogen and oxygen atoms in total. The van der Waals surface area contributed by atoms with Crippen molar-refractivity contribution in [3.05, 3.63) is 45.9 Å². The van der Waals surface area contributed by atoms with E-state index >= 15 is 0 Å². The number of nitrogens with zero attached hydrogens (tertiary/aromatic N) is 2. The number of nitrogens with two attached hydrogens (primary N) is 1. The summed E-state index contributed by atoms with van der Waals surface area (Å²) in [4.78, 5) is 32.4. The Kier molecular flexibility index (Phi) is 4.35. The zero-order valence-electron chi connectivity index (χ0n) is 14.6. The number of carboxylic acids is 1. The van der Waals surface area contributed by atoms with Crippen molar-refractivity contribution in [3.63, 3.8) is 0 Å². The van der Waals surface area contributed by atoms with E-state index in [0.717, 1.165) is 0 Å². The van der Waals surface area contributed by atoms with Crippen molar-refractivity contribution < 1.29 is 14.3 Å². The van der Waals surface area contributed by atoms with Gasteiger partial charge >= 0.3 is 5.97 Å². The van der Waals surface area contributed by atoms with Gasteiger partial charge in [-0.3, -0.25) is 9.78 Å². The molecule has 7 heteroatoms. The second-order valence-corrected chi connectivity index (χ2v) is 6.87. The number of carbonyl (C=O) groups is 1. The number of fused-ring (bicyclic) bond motifs is 2. The summed E-state index contributed by atoms with van der Waals surface area (Å²) in [5.41, 5.74) is 6.02. The summed E-state index contributed by atoms with van der Waals surface area (Å²) < 4.78 is 5.62. The average molecular weight is 365 g/mol. The quantitative estimate of drug-likeness (QED) is 0.680. The molecule has 0 radical (unpaired) electrons. The molecule has 0 atom stereocenters. The van der Waals surface area contributed by atoms with Crippen LogP contribution in [0.3, 0.4) is 0 Å². The summed E-state index contributed by atoms with van der Waals surface area (Å²) >= 11 is 0. The predicted molar refractivity (Wildman–Crippen MR) is 103 cm³/mol. The van der Waals surface area contributed by atoms with Gasteiger partial charge in [0.1, 0.15) is 11.4 Å². The van der Waals surface area contributed by atoms with Crippen molar-refractivity contribution in [1.82, 2.24) is 9.97 Å². The molecular weight excluding hydrogens is 346 g/mol. The van der Waals surface area contributed by atoms with Gasteiger partial charge in [-0.25, -0.2) is 4.79 Å². The molecule has 3 N–H and O–H groups in total. The molecule has 27 heavy (non-hydrogen) atoms. The van der Waals surface area contributed by atoms with Crippen LogP contribution in [0.5, 0.6) is 0 Å². The molecule has 0 spiro atoms. The SMILES string of the molecule is Nc1nc2oc3cnc(/C=C/C4CCCCC4)cc3c(=O)c2cc1C(=O)O. The molecule has 0 amide bonds. The maximum Gasteiger partial charge on any atom is 0.339 e. The maximum absolute atomic E-state index is 12.8. The second kappa shape index (κ2) is 6.83. The van der Waals surface area contributed by atoms with E-state index in [-0.39, 0.29) is 33.5 Å². The Morgan fingerprint density at radius 1 is 1.22 bits per heavy atom. The van der Waals surface area contributed by atoms with Crippen molar-refractivity contribution in [3.8, 4) is 0 Å². The van der Waals surface area contributed by atoms with Crippen LogP contribution in [0.25, 0.3) is 28.1 Å². The lowest BCUT2D eigenvalue weighted by atomic mass is 9.89. The van der Waals surface area contributed by atoms with Crippen LogP contribution in [-0.2, 0) is 0 Å². The van der Waals surface area contributed by atoms with Gasteiger partial charge in [0.05, 0.1) is 22.7 Å². The number of carboxylic acid groups (broad SMARTS) is 1. The van der Waals surface area contributed by atoms with E-state index in [1.54, 1.807) is 6.07 Å². The molecule has 3 aromatic rings. The molecule has 1 aliphatic carbocycles. The van der Waals surface area contributed by atoms with Crippen LogP contribution in [0.1, 0.15) is 48.2 Å². The molecule has 0 aliphatic heterocycles. The molecule has 1 saturated carbocycles. The highest BCUT2D eigenvalue weighted by molar-refractivity contribution is 5.98. The number of hydrogen-bond acceptors (Lipinski definition) is 6. The van der Waals surface area contributed by atoms with Gasteiger partial charge in [-0.15, -0.1) is 0 Å². The minimum atomic E-state index is -1.24. The molecule has 0 saturated heterocycles. The van der Waals surface area contributed by atoms with Gasteiger partial charge < -0.3 is 15.3 Å². The standard InChI is InChI=1S/C20H19N3O4/c21-18-15(20(25)26)9-14-17(24)13-8-12(7-6-11-4-2-1-3-5-11)22-10-16(13)27-19(14)23-18/h6-11H,1-5H2,(H2,21,23)(H,25,26)/b7-6+. The number of hydrogen-bond donors (Lipinski definition) is 2. The first-order chi connectivity index (χ1) is 13.0. The van der Waals surface area contributed by atoms with Crippen LogP contribution in [0.4, 0.5) is 5.82 Å². The van der Waals surface area contributed by atoms with Crippen LogP contribution in [0.2, 0.25) is 0 Å². The van der Waals surface area contributed by atoms with Gasteiger partial charge in [0.2, 0.25) is 11.1 Å². The lowest BCUT2D eigenvalue weighted by Crippen LogP contribution is -2.10. The van der Waals surface area contributed by atoms with Gasteiger partial charge in [-0.05, 0) is 37.0 Å². The third-order valence-corrected chi connectivity index (χ3v) is 5.02. The van der Waals surface area contributed by atoms with Crippen molar-refractivity contribution >= 4 is 39.9 Å². The molecular formula is C20H19N3O4. The van der Waals surface area contributed by atoms with Crippen molar-refractivity contribution in [2.45, 2.75) is 32.1 Å². The second-order valence-electron chi connectivity index (χ2n) is 6.87. The zero-order valence-corrected chi connectivity index (χ0v) is 14.6. The lowest BCUT2D eigenvalue weighted by Gasteiger charge is -2.17. The topological polar surface area (TPSA) is 119 Å². The molecule has 1 fully saturated rings. The third-order valence-electron chi connectivity index (χ3n) is 5.02. The maximum atomic E-state index is 12.8. The fraction of sp³-hybridized carbons (Fsp3) is 0.300. The van der Waals surface area contributed by atoms with E-state index in [0.29, 0.717) is 17.0 Å². The van der Waals surface area contributed by atoms with E-state index in [9.17, 15) is 14.7 Å². The van der Waals surface area contributed by atoms with Crippen LogP contribution in [0, 0.1) is 5.92 Å². The summed E-state index contributed by atoms with van der Waals surface area (Å²) in [6.07, 6.45) is 11.7. The molecule has 3 aromatic heterocycles. The fourth-order valence-electron chi connectivity index (χ4n) is 3.54. The van der Waals surface area contributed by atoms with E-state index in [1.807, 2.05) is 6.08 Å². The predicted octanol–water partition coefficient (Wildman–Crippen LogP) is 3.61. The highest BCUT2D eigenvalue weighted by atomic mass is 16.4. The van der Waals surface area contributed by atoms with Crippen LogP contribution in [-0.4, -0.2) is 21.0 Å². The minimum Gasteiger partial charge on any atom is -0.478 e. The Bertz CT molecular complexity index is 1130. The molecule has 1 aliphatic rings. The third kappa shape index (κ3) is 3.28. The highest BCUT2D eigenvalue weighted by Gasteiger charge is 2.16. The number of aromatic carboxylic acids is 1. The molecule has 138 valence electrons. The van der Waals surface area contributed by atoms with Crippen LogP contribution in [0.15, 0.2) is 33.6 Å². The van der Waals surface area contributed by atoms with E-state index in [4.69, 9.17) is 10.2 Å². The van der Waals surface area contributed by atoms with Crippen molar-refractivity contribution in [2.24, 2.45) is 5.92 Å². The minimum absolute atomic E-state index is 0.00213. The van der Waals surface area contributed by atoms with Crippen molar-refractivity contribution in [2.75, 3.05) is 5.73 Å². The summed E-state index contributed by atoms with van der Waals surface area (Å²) in [6.45, 7) is 0. The Balaban J connectivity index is 1.80. The lowest BCUT2D eigenvalue weighted by molar-refractivity contribution is 0.0698. The normalized spacial score (nSPS) is 15.7. The first kappa shape index (κ1) is 17.2. The number of rotatable bonds is 3. The van der Waals surface area contributed by atoms with Gasteiger partial charge in [0.25, 0.3) is 0 Å². The molecule has 3 heterocycles. The van der Waals surface area contributed by atoms with E-state index in [1.165, 1.54) is 44.4 Å². The average Bonchev–Trinajstić information content (AvgIpc) is 2.67. The summed E-state index contributed by atoms with van der Waals surface area (Å²) in [5, 5.41) is 9.62. The van der Waals surface area contributed by atoms with Gasteiger partial charge in [0, 0.05) is 0 Å². The van der Waals surface area contributed by atoms with E-state index < -0.39 is 5.97 Å². The van der Waals surface area contributed by atoms with Gasteiger partial charge in [-0.1, -0.05) is 25.3 Å². The number of aromatic nitrogens is 2. The Morgan fingerprint density at radius 2 is 2.00 bits per heavy atom. The summed E-state index contributed by atoms with van der Waals surface area (Å²) in [6, 6.07) is 2.87. The smallest absolute Gasteiger partial charge is 0.339 e. The first-order valence-corrected chi connectivity index (χ1v) is 8.97. The summed E-state index contributed by atoms with van der Waals surface area (Å²) in [7, 11) is 0. The fourth-order valence-corrected chi connectivity index (χ4v) is 3.54. The monoisotopic (exact) mass is 365 g/mol. The van der Waals surface area contributed by atoms with Crippen LogP contribution >= 0.6 is 0 Å². The Hall–Kier alpha value is -3.22. The highest BCUT2D eigenvalue weighted by Crippen LogP contribution is 2.26. The molecule has 0 bridgehead atoms. The zero-order chi connectivity index (χ0) is 19.0. The first-order valence-electron chi connectivity index (χ1n) is 8.97. The molecule has 0 aromatic carbocycles.